The monoisotopic (exact) mass is 374 g/mol. The molecule has 1 saturated heterocycles. The van der Waals surface area contributed by atoms with Crippen molar-refractivity contribution in [2.24, 2.45) is 0 Å². The number of rotatable bonds is 6. The Morgan fingerprint density at radius 3 is 3.04 bits per heavy atom. The fourth-order valence-electron chi connectivity index (χ4n) is 2.84. The van der Waals surface area contributed by atoms with Crippen molar-refractivity contribution < 1.29 is 17.6 Å². The number of nitrogens with one attached hydrogen (secondary N) is 1. The average Bonchev–Trinajstić information content (AvgIpc) is 3.18. The molecule has 0 spiro atoms. The summed E-state index contributed by atoms with van der Waals surface area (Å²) in [6.07, 6.45) is 2.88. The van der Waals surface area contributed by atoms with Crippen molar-refractivity contribution in [3.8, 4) is 0 Å². The molecule has 1 aliphatic rings. The van der Waals surface area contributed by atoms with Crippen LogP contribution in [0.25, 0.3) is 4.96 Å². The van der Waals surface area contributed by atoms with E-state index in [4.69, 9.17) is 0 Å². The number of aromatic nitrogens is 2. The molecule has 1 aliphatic heterocycles. The molecule has 2 aromatic rings. The lowest BCUT2D eigenvalue weighted by atomic mass is 10.2. The molecule has 24 heavy (non-hydrogen) atoms. The molecule has 2 aromatic heterocycles. The van der Waals surface area contributed by atoms with Crippen LogP contribution in [0, 0.1) is 0 Å². The number of nitrogens with zero attached hydrogens (tertiary/aromatic N) is 3. The molecule has 2 atom stereocenters. The predicted octanol–water partition coefficient (Wildman–Crippen LogP) is 1.28. The van der Waals surface area contributed by atoms with Gasteiger partial charge in [0.1, 0.15) is 11.9 Å². The van der Waals surface area contributed by atoms with Crippen molar-refractivity contribution in [1.82, 2.24) is 19.0 Å². The summed E-state index contributed by atoms with van der Waals surface area (Å²) in [6.45, 7) is 1.76. The Kier molecular flexibility index (Phi) is 4.88. The standard InChI is InChI=1S/C14H19FN4O3S2/c1-2-5-24(21,22)16-7-11-6-10(15)8-19(11)13(20)12-9-18-3-4-23-14(18)17-12/h3-4,9-11,16H,2,5-8H2,1H3/t10-,11-/m0/s1. The normalized spacial score (nSPS) is 21.7. The Morgan fingerprint density at radius 2 is 2.33 bits per heavy atom. The van der Waals surface area contributed by atoms with Gasteiger partial charge in [-0.1, -0.05) is 6.92 Å². The van der Waals surface area contributed by atoms with Crippen LogP contribution in [0.1, 0.15) is 30.3 Å². The molecule has 0 saturated carbocycles. The third kappa shape index (κ3) is 3.60. The zero-order chi connectivity index (χ0) is 17.3. The second-order valence-corrected chi connectivity index (χ2v) is 8.63. The van der Waals surface area contributed by atoms with Crippen molar-refractivity contribution in [1.29, 1.82) is 0 Å². The number of hydrogen-bond donors (Lipinski definition) is 1. The number of likely N-dealkylation sites (tertiary alicyclic amines) is 1. The second-order valence-electron chi connectivity index (χ2n) is 5.83. The van der Waals surface area contributed by atoms with E-state index >= 15 is 0 Å². The number of imidazole rings is 1. The van der Waals surface area contributed by atoms with Crippen LogP contribution in [0.2, 0.25) is 0 Å². The Hall–Kier alpha value is -1.52. The molecular weight excluding hydrogens is 355 g/mol. The highest BCUT2D eigenvalue weighted by molar-refractivity contribution is 7.89. The van der Waals surface area contributed by atoms with Gasteiger partial charge < -0.3 is 4.90 Å². The lowest BCUT2D eigenvalue weighted by Gasteiger charge is -2.23. The van der Waals surface area contributed by atoms with Gasteiger partial charge in [0.05, 0.1) is 12.3 Å². The summed E-state index contributed by atoms with van der Waals surface area (Å²) in [6, 6.07) is -0.501. The maximum Gasteiger partial charge on any atom is 0.274 e. The molecule has 3 rings (SSSR count). The van der Waals surface area contributed by atoms with Crippen molar-refractivity contribution in [2.45, 2.75) is 32.0 Å². The number of thiazole rings is 1. The number of carbonyl (C=O) groups excluding carboxylic acids is 1. The van der Waals surface area contributed by atoms with Crippen LogP contribution >= 0.6 is 11.3 Å². The van der Waals surface area contributed by atoms with Crippen LogP contribution in [0.15, 0.2) is 17.8 Å². The number of halogens is 1. The van der Waals surface area contributed by atoms with Crippen LogP contribution in [0.4, 0.5) is 4.39 Å². The van der Waals surface area contributed by atoms with E-state index in [2.05, 4.69) is 9.71 Å². The number of amides is 1. The van der Waals surface area contributed by atoms with Gasteiger partial charge >= 0.3 is 0 Å². The fraction of sp³-hybridized carbons (Fsp3) is 0.571. The highest BCUT2D eigenvalue weighted by Crippen LogP contribution is 2.23. The number of hydrogen-bond acceptors (Lipinski definition) is 5. The Labute approximate surface area is 143 Å². The van der Waals surface area contributed by atoms with E-state index < -0.39 is 22.2 Å². The van der Waals surface area contributed by atoms with Gasteiger partial charge in [-0.15, -0.1) is 11.3 Å². The lowest BCUT2D eigenvalue weighted by molar-refractivity contribution is 0.0726. The molecule has 132 valence electrons. The van der Waals surface area contributed by atoms with Gasteiger partial charge in [-0.25, -0.2) is 22.5 Å². The summed E-state index contributed by atoms with van der Waals surface area (Å²) >= 11 is 1.40. The quantitative estimate of drug-likeness (QED) is 0.826. The highest BCUT2D eigenvalue weighted by atomic mass is 32.2. The van der Waals surface area contributed by atoms with Gasteiger partial charge in [0.25, 0.3) is 5.91 Å². The number of carbonyl (C=O) groups is 1. The first-order chi connectivity index (χ1) is 11.4. The van der Waals surface area contributed by atoms with E-state index in [1.165, 1.54) is 16.2 Å². The van der Waals surface area contributed by atoms with Crippen LogP contribution in [0.5, 0.6) is 0 Å². The number of sulfonamides is 1. The summed E-state index contributed by atoms with van der Waals surface area (Å²) < 4.78 is 41.6. The maximum atomic E-state index is 13.8. The molecule has 10 heteroatoms. The van der Waals surface area contributed by atoms with E-state index in [0.29, 0.717) is 11.4 Å². The third-order valence-corrected chi connectivity index (χ3v) is 6.27. The minimum atomic E-state index is -3.39. The molecule has 0 bridgehead atoms. The Balaban J connectivity index is 1.72. The predicted molar refractivity (Wildman–Crippen MR) is 89.5 cm³/mol. The first-order valence-electron chi connectivity index (χ1n) is 7.74. The Morgan fingerprint density at radius 1 is 1.54 bits per heavy atom. The van der Waals surface area contributed by atoms with Crippen molar-refractivity contribution in [2.75, 3.05) is 18.8 Å². The number of fused-ring (bicyclic) bond motifs is 1. The molecule has 0 unspecified atom stereocenters. The van der Waals surface area contributed by atoms with Crippen LogP contribution in [0.3, 0.4) is 0 Å². The van der Waals surface area contributed by atoms with Crippen molar-refractivity contribution >= 4 is 32.2 Å². The van der Waals surface area contributed by atoms with E-state index in [1.54, 1.807) is 23.7 Å². The molecule has 1 N–H and O–H groups in total. The zero-order valence-corrected chi connectivity index (χ0v) is 14.8. The third-order valence-electron chi connectivity index (χ3n) is 3.95. The Bertz CT molecular complexity index is 804. The first-order valence-corrected chi connectivity index (χ1v) is 10.3. The first kappa shape index (κ1) is 17.3. The minimum Gasteiger partial charge on any atom is -0.330 e. The highest BCUT2D eigenvalue weighted by Gasteiger charge is 2.37. The van der Waals surface area contributed by atoms with Crippen molar-refractivity contribution in [3.63, 3.8) is 0 Å². The van der Waals surface area contributed by atoms with Gasteiger partial charge in [0, 0.05) is 36.8 Å². The lowest BCUT2D eigenvalue weighted by Crippen LogP contribution is -2.43. The number of alkyl halides is 1. The topological polar surface area (TPSA) is 83.8 Å². The molecule has 0 radical (unpaired) electrons. The minimum absolute atomic E-state index is 0.0179. The second kappa shape index (κ2) is 6.77. The summed E-state index contributed by atoms with van der Waals surface area (Å²) in [5, 5.41) is 1.86. The molecule has 7 nitrogen and oxygen atoms in total. The van der Waals surface area contributed by atoms with E-state index in [0.717, 1.165) is 0 Å². The fourth-order valence-corrected chi connectivity index (χ4v) is 4.67. The van der Waals surface area contributed by atoms with Crippen LogP contribution in [-0.2, 0) is 10.0 Å². The summed E-state index contributed by atoms with van der Waals surface area (Å²) in [4.78, 5) is 18.9. The molecule has 0 aromatic carbocycles. The summed E-state index contributed by atoms with van der Waals surface area (Å²) in [5.74, 6) is -0.352. The van der Waals surface area contributed by atoms with E-state index in [-0.39, 0.29) is 36.9 Å². The largest absolute Gasteiger partial charge is 0.330 e. The maximum absolute atomic E-state index is 13.8. The summed E-state index contributed by atoms with van der Waals surface area (Å²) in [7, 11) is -3.39. The summed E-state index contributed by atoms with van der Waals surface area (Å²) in [5.41, 5.74) is 0.248. The molecular formula is C14H19FN4O3S2. The van der Waals surface area contributed by atoms with E-state index in [9.17, 15) is 17.6 Å². The average molecular weight is 374 g/mol. The van der Waals surface area contributed by atoms with Gasteiger partial charge in [0.2, 0.25) is 10.0 Å². The van der Waals surface area contributed by atoms with Gasteiger partial charge in [-0.2, -0.15) is 0 Å². The zero-order valence-electron chi connectivity index (χ0n) is 13.2. The van der Waals surface area contributed by atoms with Gasteiger partial charge in [0.15, 0.2) is 4.96 Å². The molecule has 1 amide bonds. The van der Waals surface area contributed by atoms with Gasteiger partial charge in [-0.3, -0.25) is 9.20 Å². The van der Waals surface area contributed by atoms with Gasteiger partial charge in [-0.05, 0) is 6.42 Å². The van der Waals surface area contributed by atoms with Crippen LogP contribution in [-0.4, -0.2) is 59.7 Å². The van der Waals surface area contributed by atoms with Crippen molar-refractivity contribution in [3.05, 3.63) is 23.5 Å². The SMILES string of the molecule is CCCS(=O)(=O)NC[C@@H]1C[C@H](F)CN1C(=O)c1cn2ccsc2n1. The van der Waals surface area contributed by atoms with E-state index in [1.807, 2.05) is 5.38 Å². The molecule has 1 fully saturated rings. The van der Waals surface area contributed by atoms with Crippen LogP contribution < -0.4 is 4.72 Å². The molecule has 0 aliphatic carbocycles. The smallest absolute Gasteiger partial charge is 0.274 e. The molecule has 3 heterocycles.